The lowest BCUT2D eigenvalue weighted by Gasteiger charge is -2.06. The van der Waals surface area contributed by atoms with Gasteiger partial charge < -0.3 is 9.88 Å². The van der Waals surface area contributed by atoms with Crippen LogP contribution in [-0.2, 0) is 11.3 Å². The summed E-state index contributed by atoms with van der Waals surface area (Å²) in [5.41, 5.74) is 0.460. The summed E-state index contributed by atoms with van der Waals surface area (Å²) in [6, 6.07) is 4.02. The van der Waals surface area contributed by atoms with Gasteiger partial charge in [0.2, 0.25) is 5.91 Å². The molecule has 0 aliphatic carbocycles. The first-order chi connectivity index (χ1) is 8.15. The number of anilines is 1. The van der Waals surface area contributed by atoms with Gasteiger partial charge in [-0.2, -0.15) is 0 Å². The van der Waals surface area contributed by atoms with Crippen molar-refractivity contribution in [1.29, 1.82) is 0 Å². The van der Waals surface area contributed by atoms with Crippen molar-refractivity contribution in [2.45, 2.75) is 6.54 Å². The molecule has 2 rings (SSSR count). The zero-order valence-corrected chi connectivity index (χ0v) is 9.49. The number of hydrogen-bond acceptors (Lipinski definition) is 2. The lowest BCUT2D eigenvalue weighted by molar-refractivity contribution is -0.116. The molecule has 0 fully saturated rings. The summed E-state index contributed by atoms with van der Waals surface area (Å²) in [4.78, 5) is 15.4. The van der Waals surface area contributed by atoms with Crippen LogP contribution in [0.25, 0.3) is 0 Å². The molecule has 1 aromatic carbocycles. The lowest BCUT2D eigenvalue weighted by Crippen LogP contribution is -2.17. The predicted octanol–water partition coefficient (Wildman–Crippen LogP) is 2.31. The van der Waals surface area contributed by atoms with Gasteiger partial charge in [-0.15, -0.1) is 0 Å². The number of carbonyl (C=O) groups is 1. The first-order valence-corrected chi connectivity index (χ1v) is 5.23. The number of benzene rings is 1. The largest absolute Gasteiger partial charge is 0.328 e. The Kier molecular flexibility index (Phi) is 3.39. The summed E-state index contributed by atoms with van der Waals surface area (Å²) in [7, 11) is 0. The van der Waals surface area contributed by atoms with Crippen LogP contribution in [0, 0.1) is 5.82 Å². The van der Waals surface area contributed by atoms with E-state index in [1.54, 1.807) is 17.0 Å². The van der Waals surface area contributed by atoms with Crippen LogP contribution >= 0.6 is 11.6 Å². The summed E-state index contributed by atoms with van der Waals surface area (Å²) >= 11 is 5.60. The third kappa shape index (κ3) is 3.04. The lowest BCUT2D eigenvalue weighted by atomic mass is 10.3. The molecular weight excluding hydrogens is 245 g/mol. The molecule has 0 bridgehead atoms. The number of rotatable bonds is 3. The van der Waals surface area contributed by atoms with Gasteiger partial charge in [-0.05, 0) is 18.2 Å². The molecule has 0 atom stereocenters. The minimum Gasteiger partial charge on any atom is -0.328 e. The van der Waals surface area contributed by atoms with Crippen LogP contribution < -0.4 is 5.32 Å². The highest BCUT2D eigenvalue weighted by Gasteiger charge is 2.05. The molecule has 0 aliphatic rings. The molecule has 0 saturated heterocycles. The van der Waals surface area contributed by atoms with Gasteiger partial charge >= 0.3 is 0 Å². The maximum absolute atomic E-state index is 12.9. The Bertz CT molecular complexity index is 528. The number of nitrogens with one attached hydrogen (secondary N) is 1. The van der Waals surface area contributed by atoms with Crippen LogP contribution in [0.1, 0.15) is 0 Å². The summed E-state index contributed by atoms with van der Waals surface area (Å²) in [5, 5.41) is 2.59. The van der Waals surface area contributed by atoms with E-state index < -0.39 is 5.82 Å². The van der Waals surface area contributed by atoms with Crippen LogP contribution in [0.15, 0.2) is 36.9 Å². The molecule has 0 unspecified atom stereocenters. The van der Waals surface area contributed by atoms with Crippen molar-refractivity contribution in [3.63, 3.8) is 0 Å². The van der Waals surface area contributed by atoms with Gasteiger partial charge in [0.15, 0.2) is 0 Å². The van der Waals surface area contributed by atoms with Gasteiger partial charge in [-0.25, -0.2) is 9.37 Å². The smallest absolute Gasteiger partial charge is 0.244 e. The van der Waals surface area contributed by atoms with E-state index in [-0.39, 0.29) is 17.5 Å². The maximum atomic E-state index is 12.9. The van der Waals surface area contributed by atoms with E-state index in [9.17, 15) is 9.18 Å². The number of aromatic nitrogens is 2. The number of amides is 1. The van der Waals surface area contributed by atoms with Crippen molar-refractivity contribution in [3.8, 4) is 0 Å². The second-order valence-corrected chi connectivity index (χ2v) is 3.82. The van der Waals surface area contributed by atoms with Crippen molar-refractivity contribution in [2.75, 3.05) is 5.32 Å². The summed E-state index contributed by atoms with van der Waals surface area (Å²) in [6.07, 6.45) is 4.80. The van der Waals surface area contributed by atoms with E-state index in [1.165, 1.54) is 24.5 Å². The normalized spacial score (nSPS) is 10.2. The van der Waals surface area contributed by atoms with E-state index in [2.05, 4.69) is 10.3 Å². The van der Waals surface area contributed by atoms with Crippen molar-refractivity contribution < 1.29 is 9.18 Å². The molecule has 88 valence electrons. The fraction of sp³-hybridized carbons (Fsp3) is 0.0909. The number of nitrogens with zero attached hydrogens (tertiary/aromatic N) is 2. The highest BCUT2D eigenvalue weighted by molar-refractivity contribution is 6.31. The van der Waals surface area contributed by atoms with Crippen molar-refractivity contribution in [3.05, 3.63) is 47.8 Å². The monoisotopic (exact) mass is 253 g/mol. The molecule has 1 aromatic heterocycles. The summed E-state index contributed by atoms with van der Waals surface area (Å²) < 4.78 is 14.5. The molecule has 0 saturated carbocycles. The Hall–Kier alpha value is -1.88. The molecule has 0 radical (unpaired) electrons. The average molecular weight is 254 g/mol. The van der Waals surface area contributed by atoms with Crippen LogP contribution in [0.3, 0.4) is 0 Å². The molecule has 4 nitrogen and oxygen atoms in total. The standard InChI is InChI=1S/C11H9ClFN3O/c12-9-5-8(1-2-10(9)13)15-11(17)6-16-4-3-14-7-16/h1-5,7H,6H2,(H,15,17). The van der Waals surface area contributed by atoms with E-state index in [0.29, 0.717) is 5.69 Å². The van der Waals surface area contributed by atoms with Crippen LogP contribution in [-0.4, -0.2) is 15.5 Å². The number of hydrogen-bond donors (Lipinski definition) is 1. The van der Waals surface area contributed by atoms with Gasteiger partial charge in [-0.3, -0.25) is 4.79 Å². The van der Waals surface area contributed by atoms with Crippen molar-refractivity contribution in [1.82, 2.24) is 9.55 Å². The SMILES string of the molecule is O=C(Cn1ccnc1)Nc1ccc(F)c(Cl)c1. The average Bonchev–Trinajstić information content (AvgIpc) is 2.76. The maximum Gasteiger partial charge on any atom is 0.244 e. The van der Waals surface area contributed by atoms with Crippen molar-refractivity contribution in [2.24, 2.45) is 0 Å². The number of carbonyl (C=O) groups excluding carboxylic acids is 1. The Balaban J connectivity index is 2.00. The zero-order chi connectivity index (χ0) is 12.3. The second-order valence-electron chi connectivity index (χ2n) is 3.41. The quantitative estimate of drug-likeness (QED) is 0.913. The molecule has 1 amide bonds. The van der Waals surface area contributed by atoms with Crippen LogP contribution in [0.4, 0.5) is 10.1 Å². The molecular formula is C11H9ClFN3O. The van der Waals surface area contributed by atoms with E-state index in [0.717, 1.165) is 0 Å². The predicted molar refractivity (Wildman–Crippen MR) is 62.3 cm³/mol. The molecule has 17 heavy (non-hydrogen) atoms. The van der Waals surface area contributed by atoms with Gasteiger partial charge in [0.05, 0.1) is 11.3 Å². The number of halogens is 2. The molecule has 0 spiro atoms. The fourth-order valence-corrected chi connectivity index (χ4v) is 1.50. The van der Waals surface area contributed by atoms with Gasteiger partial charge in [0.1, 0.15) is 12.4 Å². The Morgan fingerprint density at radius 2 is 2.35 bits per heavy atom. The fourth-order valence-electron chi connectivity index (χ4n) is 1.32. The van der Waals surface area contributed by atoms with Crippen LogP contribution in [0.2, 0.25) is 5.02 Å². The third-order valence-corrected chi connectivity index (χ3v) is 2.38. The first kappa shape index (κ1) is 11.6. The second kappa shape index (κ2) is 4.97. The van der Waals surface area contributed by atoms with Crippen molar-refractivity contribution >= 4 is 23.2 Å². The highest BCUT2D eigenvalue weighted by atomic mass is 35.5. The molecule has 1 N–H and O–H groups in total. The summed E-state index contributed by atoms with van der Waals surface area (Å²) in [5.74, 6) is -0.745. The van der Waals surface area contributed by atoms with E-state index >= 15 is 0 Å². The Labute approximate surface area is 102 Å². The van der Waals surface area contributed by atoms with Gasteiger partial charge in [0, 0.05) is 18.1 Å². The number of imidazole rings is 1. The Morgan fingerprint density at radius 3 is 3.00 bits per heavy atom. The molecule has 2 aromatic rings. The van der Waals surface area contributed by atoms with E-state index in [4.69, 9.17) is 11.6 Å². The summed E-state index contributed by atoms with van der Waals surface area (Å²) in [6.45, 7) is 0.148. The zero-order valence-electron chi connectivity index (χ0n) is 8.73. The molecule has 1 heterocycles. The topological polar surface area (TPSA) is 46.9 Å². The minimum atomic E-state index is -0.515. The van der Waals surface area contributed by atoms with E-state index in [1.807, 2.05) is 0 Å². The van der Waals surface area contributed by atoms with Gasteiger partial charge in [0.25, 0.3) is 0 Å². The van der Waals surface area contributed by atoms with Gasteiger partial charge in [-0.1, -0.05) is 11.6 Å². The van der Waals surface area contributed by atoms with Crippen LogP contribution in [0.5, 0.6) is 0 Å². The minimum absolute atomic E-state index is 0.0227. The first-order valence-electron chi connectivity index (χ1n) is 4.86. The molecule has 6 heteroatoms. The third-order valence-electron chi connectivity index (χ3n) is 2.09. The highest BCUT2D eigenvalue weighted by Crippen LogP contribution is 2.19. The molecule has 0 aliphatic heterocycles. The Morgan fingerprint density at radius 1 is 1.53 bits per heavy atom.